The molecule has 0 saturated heterocycles. The van der Waals surface area contributed by atoms with Gasteiger partial charge in [-0.15, -0.1) is 0 Å². The number of carbonyl (C=O) groups excluding carboxylic acids is 3. The number of ether oxygens (including phenoxy) is 2. The average molecular weight is 511 g/mol. The molecule has 0 fully saturated rings. The molecule has 7 heteroatoms. The molecule has 0 unspecified atom stereocenters. The van der Waals surface area contributed by atoms with Gasteiger partial charge >= 0.3 is 5.97 Å². The van der Waals surface area contributed by atoms with Crippen molar-refractivity contribution in [2.45, 2.75) is 85.6 Å². The van der Waals surface area contributed by atoms with E-state index in [1.807, 2.05) is 68.4 Å². The minimum absolute atomic E-state index is 0.173. The van der Waals surface area contributed by atoms with Crippen LogP contribution in [0.4, 0.5) is 0 Å². The Hall–Kier alpha value is -3.35. The summed E-state index contributed by atoms with van der Waals surface area (Å²) >= 11 is 0. The zero-order valence-electron chi connectivity index (χ0n) is 23.2. The molecule has 0 bridgehead atoms. The van der Waals surface area contributed by atoms with Crippen molar-refractivity contribution in [3.05, 3.63) is 65.7 Å². The van der Waals surface area contributed by atoms with E-state index in [9.17, 15) is 14.4 Å². The molecule has 2 rings (SSSR count). The maximum atomic E-state index is 13.2. The normalized spacial score (nSPS) is 13.1. The first-order valence-corrected chi connectivity index (χ1v) is 12.9. The number of rotatable bonds is 12. The van der Waals surface area contributed by atoms with Crippen molar-refractivity contribution in [3.8, 4) is 5.75 Å². The zero-order chi connectivity index (χ0) is 27.6. The van der Waals surface area contributed by atoms with E-state index in [1.54, 1.807) is 34.6 Å². The van der Waals surface area contributed by atoms with E-state index in [4.69, 9.17) is 9.47 Å². The first kappa shape index (κ1) is 29.9. The van der Waals surface area contributed by atoms with Crippen LogP contribution in [0.15, 0.2) is 54.6 Å². The first-order chi connectivity index (χ1) is 17.3. The van der Waals surface area contributed by atoms with Crippen LogP contribution in [0.2, 0.25) is 0 Å². The lowest BCUT2D eigenvalue weighted by Crippen LogP contribution is -2.54. The Balaban J connectivity index is 2.14. The molecule has 0 aliphatic carbocycles. The fourth-order valence-corrected chi connectivity index (χ4v) is 3.58. The van der Waals surface area contributed by atoms with Crippen LogP contribution >= 0.6 is 0 Å². The molecule has 0 aromatic heterocycles. The molecule has 0 radical (unpaired) electrons. The van der Waals surface area contributed by atoms with E-state index >= 15 is 0 Å². The molecule has 2 aromatic carbocycles. The third-order valence-electron chi connectivity index (χ3n) is 5.48. The summed E-state index contributed by atoms with van der Waals surface area (Å²) in [6, 6.07) is 15.7. The summed E-state index contributed by atoms with van der Waals surface area (Å²) in [6.45, 7) is 13.3. The summed E-state index contributed by atoms with van der Waals surface area (Å²) in [5.41, 5.74) is 1.20. The Morgan fingerprint density at radius 3 is 1.92 bits per heavy atom. The molecule has 0 saturated carbocycles. The van der Waals surface area contributed by atoms with Gasteiger partial charge in [-0.25, -0.2) is 4.79 Å². The van der Waals surface area contributed by atoms with Crippen LogP contribution in [0.25, 0.3) is 0 Å². The van der Waals surface area contributed by atoms with Crippen molar-refractivity contribution < 1.29 is 23.9 Å². The second kappa shape index (κ2) is 13.8. The van der Waals surface area contributed by atoms with Gasteiger partial charge in [-0.2, -0.15) is 0 Å². The van der Waals surface area contributed by atoms with Crippen LogP contribution in [0, 0.1) is 11.8 Å². The van der Waals surface area contributed by atoms with Gasteiger partial charge in [0.05, 0.1) is 0 Å². The highest BCUT2D eigenvalue weighted by molar-refractivity contribution is 5.91. The second-order valence-electron chi connectivity index (χ2n) is 11.1. The highest BCUT2D eigenvalue weighted by atomic mass is 16.6. The topological polar surface area (TPSA) is 93.7 Å². The number of esters is 1. The molecule has 37 heavy (non-hydrogen) atoms. The molecule has 2 aromatic rings. The zero-order valence-corrected chi connectivity index (χ0v) is 23.2. The monoisotopic (exact) mass is 510 g/mol. The molecule has 7 nitrogen and oxygen atoms in total. The van der Waals surface area contributed by atoms with E-state index in [0.29, 0.717) is 18.8 Å². The number of amides is 2. The molecular formula is C30H42N2O5. The van der Waals surface area contributed by atoms with Crippen molar-refractivity contribution >= 4 is 17.8 Å². The third-order valence-corrected chi connectivity index (χ3v) is 5.48. The van der Waals surface area contributed by atoms with Crippen LogP contribution in [0.5, 0.6) is 5.75 Å². The minimum atomic E-state index is -0.909. The predicted octanol–water partition coefficient (Wildman–Crippen LogP) is 4.82. The Morgan fingerprint density at radius 2 is 1.38 bits per heavy atom. The molecule has 0 aliphatic heterocycles. The number of nitrogens with one attached hydrogen (secondary N) is 2. The van der Waals surface area contributed by atoms with Gasteiger partial charge in [0, 0.05) is 12.3 Å². The van der Waals surface area contributed by atoms with Gasteiger partial charge in [-0.3, -0.25) is 9.59 Å². The lowest BCUT2D eigenvalue weighted by molar-refractivity contribution is -0.158. The summed E-state index contributed by atoms with van der Waals surface area (Å²) in [5.74, 6) is -0.511. The smallest absolute Gasteiger partial charge is 0.329 e. The van der Waals surface area contributed by atoms with Crippen LogP contribution in [0.1, 0.15) is 66.0 Å². The number of hydrogen-bond acceptors (Lipinski definition) is 5. The summed E-state index contributed by atoms with van der Waals surface area (Å²) < 4.78 is 11.5. The standard InChI is InChI=1S/C30H42N2O5/c1-20(2)17-25(31-27(33)21(3)4)28(34)32-26(29(35)37-30(5,6)7)18-22-13-15-24(16-14-22)36-19-23-11-9-8-10-12-23/h8-16,20-21,25-26H,17-19H2,1-7H3,(H,31,33)(H,32,34)/t25-,26-/m0/s1. The van der Waals surface area contributed by atoms with E-state index in [1.165, 1.54) is 0 Å². The van der Waals surface area contributed by atoms with Crippen LogP contribution in [-0.2, 0) is 32.1 Å². The van der Waals surface area contributed by atoms with Crippen molar-refractivity contribution in [2.24, 2.45) is 11.8 Å². The number of carbonyl (C=O) groups is 3. The molecule has 0 aliphatic rings. The fraction of sp³-hybridized carbons (Fsp3) is 0.500. The van der Waals surface area contributed by atoms with Crippen molar-refractivity contribution in [2.75, 3.05) is 0 Å². The Bertz CT molecular complexity index is 1010. The van der Waals surface area contributed by atoms with E-state index < -0.39 is 29.6 Å². The largest absolute Gasteiger partial charge is 0.489 e. The maximum absolute atomic E-state index is 13.2. The van der Waals surface area contributed by atoms with Crippen LogP contribution in [0.3, 0.4) is 0 Å². The van der Waals surface area contributed by atoms with E-state index in [0.717, 1.165) is 11.1 Å². The van der Waals surface area contributed by atoms with Gasteiger partial charge in [0.25, 0.3) is 0 Å². The van der Waals surface area contributed by atoms with Crippen molar-refractivity contribution in [3.63, 3.8) is 0 Å². The summed E-state index contributed by atoms with van der Waals surface area (Å²) in [7, 11) is 0. The molecule has 2 amide bonds. The van der Waals surface area contributed by atoms with Gasteiger partial charge in [0.15, 0.2) is 0 Å². The highest BCUT2D eigenvalue weighted by Gasteiger charge is 2.31. The predicted molar refractivity (Wildman–Crippen MR) is 145 cm³/mol. The highest BCUT2D eigenvalue weighted by Crippen LogP contribution is 2.17. The number of hydrogen-bond donors (Lipinski definition) is 2. The average Bonchev–Trinajstić information content (AvgIpc) is 2.81. The maximum Gasteiger partial charge on any atom is 0.329 e. The molecular weight excluding hydrogens is 468 g/mol. The second-order valence-corrected chi connectivity index (χ2v) is 11.1. The van der Waals surface area contributed by atoms with Crippen LogP contribution < -0.4 is 15.4 Å². The molecule has 202 valence electrons. The Labute approximate surface area is 221 Å². The van der Waals surface area contributed by atoms with Crippen molar-refractivity contribution in [1.82, 2.24) is 10.6 Å². The summed E-state index contributed by atoms with van der Waals surface area (Å²) in [5, 5.41) is 5.66. The van der Waals surface area contributed by atoms with Gasteiger partial charge in [0.1, 0.15) is 30.0 Å². The van der Waals surface area contributed by atoms with E-state index in [2.05, 4.69) is 10.6 Å². The number of benzene rings is 2. The minimum Gasteiger partial charge on any atom is -0.489 e. The summed E-state index contributed by atoms with van der Waals surface area (Å²) in [4.78, 5) is 38.6. The fourth-order valence-electron chi connectivity index (χ4n) is 3.58. The van der Waals surface area contributed by atoms with Crippen LogP contribution in [-0.4, -0.2) is 35.5 Å². The summed E-state index contributed by atoms with van der Waals surface area (Å²) in [6.07, 6.45) is 0.699. The lowest BCUT2D eigenvalue weighted by Gasteiger charge is -2.27. The molecule has 0 spiro atoms. The third kappa shape index (κ3) is 11.1. The molecule has 2 N–H and O–H groups in total. The van der Waals surface area contributed by atoms with Crippen molar-refractivity contribution in [1.29, 1.82) is 0 Å². The SMILES string of the molecule is CC(C)C[C@H](NC(=O)C(C)C)C(=O)N[C@@H](Cc1ccc(OCc2ccccc2)cc1)C(=O)OC(C)(C)C. The molecule has 0 heterocycles. The van der Waals surface area contributed by atoms with Gasteiger partial charge in [-0.05, 0) is 56.4 Å². The quantitative estimate of drug-likeness (QED) is 0.399. The Morgan fingerprint density at radius 1 is 0.784 bits per heavy atom. The van der Waals surface area contributed by atoms with Gasteiger partial charge < -0.3 is 20.1 Å². The Kier molecular flexibility index (Phi) is 11.2. The van der Waals surface area contributed by atoms with E-state index in [-0.39, 0.29) is 24.2 Å². The lowest BCUT2D eigenvalue weighted by atomic mass is 10.0. The first-order valence-electron chi connectivity index (χ1n) is 12.9. The molecule has 2 atom stereocenters. The van der Waals surface area contributed by atoms with Gasteiger partial charge in [-0.1, -0.05) is 70.2 Å². The van der Waals surface area contributed by atoms with Gasteiger partial charge in [0.2, 0.25) is 11.8 Å².